The number of para-hydroxylation sites is 2. The first-order valence-corrected chi connectivity index (χ1v) is 19.6. The molecule has 0 spiro atoms. The Morgan fingerprint density at radius 1 is 0.345 bits per heavy atom. The number of fused-ring (bicyclic) bond motifs is 8. The molecule has 0 atom stereocenters. The third-order valence-electron chi connectivity index (χ3n) is 11.0. The molecule has 0 unspecified atom stereocenters. The zero-order valence-electron chi connectivity index (χ0n) is 29.9. The summed E-state index contributed by atoms with van der Waals surface area (Å²) < 4.78 is 4.99. The Labute approximate surface area is 323 Å². The van der Waals surface area contributed by atoms with Crippen molar-refractivity contribution in [1.29, 1.82) is 0 Å². The minimum absolute atomic E-state index is 1.11. The maximum atomic E-state index is 2.42. The van der Waals surface area contributed by atoms with Gasteiger partial charge in [0, 0.05) is 53.7 Å². The molecular weight excluding hydrogens is 685 g/mol. The number of anilines is 3. The van der Waals surface area contributed by atoms with Gasteiger partial charge in [-0.2, -0.15) is 0 Å². The molecule has 11 rings (SSSR count). The molecule has 258 valence electrons. The van der Waals surface area contributed by atoms with Gasteiger partial charge in [0.25, 0.3) is 0 Å². The second kappa shape index (κ2) is 12.9. The molecule has 9 aromatic carbocycles. The van der Waals surface area contributed by atoms with Crippen LogP contribution in [0.3, 0.4) is 0 Å². The number of nitrogens with zero attached hydrogens (tertiary/aromatic N) is 2. The van der Waals surface area contributed by atoms with Crippen LogP contribution in [-0.4, -0.2) is 4.57 Å². The number of benzene rings is 9. The van der Waals surface area contributed by atoms with Crippen LogP contribution in [0.4, 0.5) is 17.1 Å². The average molecular weight is 719 g/mol. The normalized spacial score (nSPS) is 11.6. The molecule has 3 heteroatoms. The van der Waals surface area contributed by atoms with Gasteiger partial charge in [-0.1, -0.05) is 133 Å². The summed E-state index contributed by atoms with van der Waals surface area (Å²) in [6.07, 6.45) is 0. The first-order chi connectivity index (χ1) is 27.3. The predicted molar refractivity (Wildman–Crippen MR) is 237 cm³/mol. The highest BCUT2D eigenvalue weighted by molar-refractivity contribution is 7.26. The fourth-order valence-electron chi connectivity index (χ4n) is 8.37. The third kappa shape index (κ3) is 5.32. The SMILES string of the molecule is c1ccc(-c2ccc(-c3ccc(N(c4ccc5sc6ccc7ccccc7c6c5c4)c4ccc5c(c4)c4ccccc4n5-c4ccccc4)cc3)cc2)cc1. The fraction of sp³-hybridized carbons (Fsp3) is 0. The van der Waals surface area contributed by atoms with Crippen molar-refractivity contribution >= 4 is 81.1 Å². The molecule has 0 saturated heterocycles. The summed E-state index contributed by atoms with van der Waals surface area (Å²) in [6.45, 7) is 0. The van der Waals surface area contributed by atoms with Crippen molar-refractivity contribution in [2.75, 3.05) is 4.90 Å². The van der Waals surface area contributed by atoms with Crippen LogP contribution >= 0.6 is 11.3 Å². The summed E-state index contributed by atoms with van der Waals surface area (Å²) in [5.74, 6) is 0. The van der Waals surface area contributed by atoms with Gasteiger partial charge >= 0.3 is 0 Å². The molecule has 0 aliphatic rings. The van der Waals surface area contributed by atoms with Crippen molar-refractivity contribution in [2.45, 2.75) is 0 Å². The molecular formula is C52H34N2S. The highest BCUT2D eigenvalue weighted by Gasteiger charge is 2.19. The predicted octanol–water partition coefficient (Wildman–Crippen LogP) is 15.1. The van der Waals surface area contributed by atoms with E-state index in [1.165, 1.54) is 75.0 Å². The first-order valence-electron chi connectivity index (χ1n) is 18.8. The van der Waals surface area contributed by atoms with Gasteiger partial charge in [0.2, 0.25) is 0 Å². The summed E-state index contributed by atoms with van der Waals surface area (Å²) in [7, 11) is 0. The second-order valence-electron chi connectivity index (χ2n) is 14.2. The molecule has 2 aromatic heterocycles. The second-order valence-corrected chi connectivity index (χ2v) is 15.2. The van der Waals surface area contributed by atoms with Crippen LogP contribution in [0.15, 0.2) is 206 Å². The van der Waals surface area contributed by atoms with E-state index in [-0.39, 0.29) is 0 Å². The summed E-state index contributed by atoms with van der Waals surface area (Å²) in [5, 5.41) is 7.65. The van der Waals surface area contributed by atoms with Crippen molar-refractivity contribution in [1.82, 2.24) is 4.57 Å². The maximum Gasteiger partial charge on any atom is 0.0542 e. The molecule has 0 aliphatic heterocycles. The van der Waals surface area contributed by atoms with Crippen LogP contribution in [-0.2, 0) is 0 Å². The summed E-state index contributed by atoms with van der Waals surface area (Å²) in [5.41, 5.74) is 11.8. The van der Waals surface area contributed by atoms with Crippen molar-refractivity contribution in [3.05, 3.63) is 206 Å². The topological polar surface area (TPSA) is 8.17 Å². The molecule has 0 fully saturated rings. The molecule has 0 bridgehead atoms. The summed E-state index contributed by atoms with van der Waals surface area (Å²) in [4.78, 5) is 2.42. The van der Waals surface area contributed by atoms with Crippen molar-refractivity contribution in [3.63, 3.8) is 0 Å². The van der Waals surface area contributed by atoms with Gasteiger partial charge in [0.1, 0.15) is 0 Å². The lowest BCUT2D eigenvalue weighted by molar-refractivity contribution is 1.18. The maximum absolute atomic E-state index is 2.42. The highest BCUT2D eigenvalue weighted by atomic mass is 32.1. The zero-order valence-corrected chi connectivity index (χ0v) is 30.7. The van der Waals surface area contributed by atoms with Gasteiger partial charge in [-0.3, -0.25) is 0 Å². The van der Waals surface area contributed by atoms with E-state index in [2.05, 4.69) is 216 Å². The number of hydrogen-bond donors (Lipinski definition) is 0. The monoisotopic (exact) mass is 718 g/mol. The van der Waals surface area contributed by atoms with Gasteiger partial charge in [-0.15, -0.1) is 11.3 Å². The van der Waals surface area contributed by atoms with E-state index in [1.54, 1.807) is 0 Å². The van der Waals surface area contributed by atoms with Gasteiger partial charge in [0.15, 0.2) is 0 Å². The molecule has 2 heterocycles. The highest BCUT2D eigenvalue weighted by Crippen LogP contribution is 2.44. The minimum atomic E-state index is 1.11. The Balaban J connectivity index is 1.08. The fourth-order valence-corrected chi connectivity index (χ4v) is 9.47. The molecule has 0 amide bonds. The Morgan fingerprint density at radius 3 is 1.62 bits per heavy atom. The third-order valence-corrected chi connectivity index (χ3v) is 12.1. The molecule has 0 radical (unpaired) electrons. The first kappa shape index (κ1) is 31.6. The smallest absolute Gasteiger partial charge is 0.0542 e. The van der Waals surface area contributed by atoms with E-state index < -0.39 is 0 Å². The number of hydrogen-bond acceptors (Lipinski definition) is 2. The van der Waals surface area contributed by atoms with Crippen LogP contribution in [0.5, 0.6) is 0 Å². The van der Waals surface area contributed by atoms with E-state index in [4.69, 9.17) is 0 Å². The van der Waals surface area contributed by atoms with Gasteiger partial charge in [0.05, 0.1) is 11.0 Å². The molecule has 0 N–H and O–H groups in total. The Morgan fingerprint density at radius 2 is 0.873 bits per heavy atom. The standard InChI is InChI=1S/C52H34N2S/c1-3-11-35(12-4-1)36-19-21-37(22-20-36)38-23-26-41(27-24-38)53(43-29-32-50-47(34-43)52-44-16-8-7-13-39(44)25-31-51(52)55-50)42-28-30-49-46(33-42)45-17-9-10-18-48(45)54(49)40-14-5-2-6-15-40/h1-34H. The lowest BCUT2D eigenvalue weighted by Crippen LogP contribution is -2.09. The van der Waals surface area contributed by atoms with Crippen LogP contribution in [0, 0.1) is 0 Å². The Hall–Kier alpha value is -6.94. The molecule has 2 nitrogen and oxygen atoms in total. The summed E-state index contributed by atoms with van der Waals surface area (Å²) >= 11 is 1.87. The van der Waals surface area contributed by atoms with Crippen LogP contribution in [0.1, 0.15) is 0 Å². The number of thiophene rings is 1. The van der Waals surface area contributed by atoms with Gasteiger partial charge < -0.3 is 9.47 Å². The summed E-state index contributed by atoms with van der Waals surface area (Å²) in [6, 6.07) is 75.1. The lowest BCUT2D eigenvalue weighted by Gasteiger charge is -2.26. The average Bonchev–Trinajstić information content (AvgIpc) is 3.80. The molecule has 11 aromatic rings. The van der Waals surface area contributed by atoms with Crippen LogP contribution in [0.2, 0.25) is 0 Å². The number of rotatable bonds is 6. The van der Waals surface area contributed by atoms with E-state index in [1.807, 2.05) is 11.3 Å². The van der Waals surface area contributed by atoms with Crippen molar-refractivity contribution < 1.29 is 0 Å². The lowest BCUT2D eigenvalue weighted by atomic mass is 10.00. The Bertz CT molecular complexity index is 3180. The quantitative estimate of drug-likeness (QED) is 0.166. The van der Waals surface area contributed by atoms with E-state index in [0.29, 0.717) is 0 Å². The zero-order chi connectivity index (χ0) is 36.3. The van der Waals surface area contributed by atoms with Gasteiger partial charge in [-0.05, 0) is 106 Å². The van der Waals surface area contributed by atoms with Crippen LogP contribution in [0.25, 0.3) is 80.7 Å². The van der Waals surface area contributed by atoms with E-state index in [0.717, 1.165) is 22.7 Å². The van der Waals surface area contributed by atoms with Crippen LogP contribution < -0.4 is 4.90 Å². The molecule has 0 saturated carbocycles. The number of aromatic nitrogens is 1. The Kier molecular flexibility index (Phi) is 7.39. The minimum Gasteiger partial charge on any atom is -0.310 e. The van der Waals surface area contributed by atoms with Crippen molar-refractivity contribution in [3.8, 4) is 27.9 Å². The van der Waals surface area contributed by atoms with Crippen molar-refractivity contribution in [2.24, 2.45) is 0 Å². The molecule has 55 heavy (non-hydrogen) atoms. The van der Waals surface area contributed by atoms with E-state index >= 15 is 0 Å². The molecule has 0 aliphatic carbocycles. The van der Waals surface area contributed by atoms with E-state index in [9.17, 15) is 0 Å². The van der Waals surface area contributed by atoms with Gasteiger partial charge in [-0.25, -0.2) is 0 Å². The largest absolute Gasteiger partial charge is 0.310 e.